The molecule has 7 nitrogen and oxygen atoms in total. The number of fused-ring (bicyclic) bond motifs is 1. The quantitative estimate of drug-likeness (QED) is 0.874. The fraction of sp³-hybridized carbons (Fsp3) is 0.611. The average molecular weight is 345 g/mol. The van der Waals surface area contributed by atoms with Crippen LogP contribution in [0, 0.1) is 0 Å². The number of amides is 2. The lowest BCUT2D eigenvalue weighted by atomic mass is 9.91. The van der Waals surface area contributed by atoms with Crippen molar-refractivity contribution in [2.45, 2.75) is 51.1 Å². The fourth-order valence-corrected chi connectivity index (χ4v) is 3.95. The Morgan fingerprint density at radius 2 is 2.28 bits per heavy atom. The molecule has 0 spiro atoms. The number of likely N-dealkylation sites (tertiary alicyclic amines) is 1. The summed E-state index contributed by atoms with van der Waals surface area (Å²) in [6.07, 6.45) is 5.90. The van der Waals surface area contributed by atoms with E-state index >= 15 is 0 Å². The Morgan fingerprint density at radius 1 is 1.44 bits per heavy atom. The number of aromatic nitrogens is 3. The Hall–Kier alpha value is -2.15. The molecule has 2 aromatic rings. The molecule has 3 rings (SSSR count). The summed E-state index contributed by atoms with van der Waals surface area (Å²) in [5, 5.41) is 11.5. The Balaban J connectivity index is 1.76. The number of rotatable bonds is 6. The van der Waals surface area contributed by atoms with Gasteiger partial charge in [-0.3, -0.25) is 4.40 Å². The van der Waals surface area contributed by atoms with Gasteiger partial charge in [-0.25, -0.2) is 4.79 Å². The average Bonchev–Trinajstić information content (AvgIpc) is 3.20. The number of carbonyl (C=O) groups excluding carboxylic acids is 1. The van der Waals surface area contributed by atoms with E-state index in [2.05, 4.69) is 22.4 Å². The molecule has 1 aliphatic heterocycles. The standard InChI is InChI=1S/C18H27N5O2/c1-4-9-18(13-25-3)10-7-12-23(18)17(24)19-14(2)16-21-20-15-8-5-6-11-22(15)16/h5-6,8,11,14H,4,7,9-10,12-13H2,1-3H3,(H,19,24)/t14-,18-/m1/s1. The lowest BCUT2D eigenvalue weighted by molar-refractivity contribution is 0.0494. The molecule has 1 fully saturated rings. The summed E-state index contributed by atoms with van der Waals surface area (Å²) in [6, 6.07) is 5.47. The van der Waals surface area contributed by atoms with Crippen molar-refractivity contribution in [3.8, 4) is 0 Å². The van der Waals surface area contributed by atoms with E-state index < -0.39 is 0 Å². The van der Waals surface area contributed by atoms with Crippen LogP contribution in [0.4, 0.5) is 4.79 Å². The van der Waals surface area contributed by atoms with E-state index in [4.69, 9.17) is 4.74 Å². The zero-order valence-corrected chi connectivity index (χ0v) is 15.2. The van der Waals surface area contributed by atoms with Gasteiger partial charge < -0.3 is 15.0 Å². The van der Waals surface area contributed by atoms with Crippen LogP contribution in [0.2, 0.25) is 0 Å². The summed E-state index contributed by atoms with van der Waals surface area (Å²) in [7, 11) is 1.71. The van der Waals surface area contributed by atoms with Crippen LogP contribution in [0.3, 0.4) is 0 Å². The third-order valence-corrected chi connectivity index (χ3v) is 5.04. The van der Waals surface area contributed by atoms with Crippen molar-refractivity contribution >= 4 is 11.7 Å². The normalized spacial score (nSPS) is 21.6. The molecule has 2 aromatic heterocycles. The first-order valence-corrected chi connectivity index (χ1v) is 8.98. The molecule has 0 aliphatic carbocycles. The number of pyridine rings is 1. The molecular weight excluding hydrogens is 318 g/mol. The van der Waals surface area contributed by atoms with E-state index in [9.17, 15) is 4.79 Å². The molecular formula is C18H27N5O2. The van der Waals surface area contributed by atoms with Crippen LogP contribution in [-0.2, 0) is 4.74 Å². The topological polar surface area (TPSA) is 71.8 Å². The van der Waals surface area contributed by atoms with Crippen LogP contribution in [0.1, 0.15) is 51.4 Å². The molecule has 1 N–H and O–H groups in total. The monoisotopic (exact) mass is 345 g/mol. The molecule has 0 bridgehead atoms. The van der Waals surface area contributed by atoms with E-state index in [1.54, 1.807) is 7.11 Å². The zero-order valence-electron chi connectivity index (χ0n) is 15.2. The predicted octanol–water partition coefficient (Wildman–Crippen LogP) is 2.78. The molecule has 25 heavy (non-hydrogen) atoms. The second kappa shape index (κ2) is 7.39. The van der Waals surface area contributed by atoms with Gasteiger partial charge in [0.25, 0.3) is 0 Å². The van der Waals surface area contributed by atoms with Crippen molar-refractivity contribution in [3.63, 3.8) is 0 Å². The van der Waals surface area contributed by atoms with E-state index in [0.29, 0.717) is 6.61 Å². The summed E-state index contributed by atoms with van der Waals surface area (Å²) in [5.41, 5.74) is 0.583. The molecule has 1 aliphatic rings. The van der Waals surface area contributed by atoms with Crippen LogP contribution in [0.25, 0.3) is 5.65 Å². The van der Waals surface area contributed by atoms with Gasteiger partial charge in [-0.2, -0.15) is 0 Å². The highest BCUT2D eigenvalue weighted by atomic mass is 16.5. The van der Waals surface area contributed by atoms with Gasteiger partial charge in [0.15, 0.2) is 11.5 Å². The van der Waals surface area contributed by atoms with Crippen LogP contribution in [0.5, 0.6) is 0 Å². The number of carbonyl (C=O) groups is 1. The maximum absolute atomic E-state index is 13.0. The number of nitrogens with zero attached hydrogens (tertiary/aromatic N) is 4. The lowest BCUT2D eigenvalue weighted by Gasteiger charge is -2.38. The van der Waals surface area contributed by atoms with E-state index in [0.717, 1.165) is 43.7 Å². The first-order valence-electron chi connectivity index (χ1n) is 8.98. The summed E-state index contributed by atoms with van der Waals surface area (Å²) in [6.45, 7) is 5.44. The second-order valence-corrected chi connectivity index (χ2v) is 6.82. The maximum atomic E-state index is 13.0. The van der Waals surface area contributed by atoms with E-state index in [-0.39, 0.29) is 17.6 Å². The number of urea groups is 1. The summed E-state index contributed by atoms with van der Waals surface area (Å²) in [5.74, 6) is 0.732. The van der Waals surface area contributed by atoms with Crippen LogP contribution in [-0.4, -0.2) is 51.3 Å². The fourth-order valence-electron chi connectivity index (χ4n) is 3.95. The van der Waals surface area contributed by atoms with Crippen molar-refractivity contribution in [1.29, 1.82) is 0 Å². The molecule has 1 saturated heterocycles. The van der Waals surface area contributed by atoms with Gasteiger partial charge in [-0.05, 0) is 38.3 Å². The molecule has 7 heteroatoms. The molecule has 0 saturated carbocycles. The van der Waals surface area contributed by atoms with E-state index in [1.807, 2.05) is 40.6 Å². The van der Waals surface area contributed by atoms with Gasteiger partial charge in [0.05, 0.1) is 18.2 Å². The Bertz CT molecular complexity index is 723. The maximum Gasteiger partial charge on any atom is 0.318 e. The largest absolute Gasteiger partial charge is 0.382 e. The number of hydrogen-bond acceptors (Lipinski definition) is 4. The number of hydrogen-bond donors (Lipinski definition) is 1. The van der Waals surface area contributed by atoms with Gasteiger partial charge >= 0.3 is 6.03 Å². The second-order valence-electron chi connectivity index (χ2n) is 6.82. The molecule has 0 radical (unpaired) electrons. The lowest BCUT2D eigenvalue weighted by Crippen LogP contribution is -2.54. The van der Waals surface area contributed by atoms with Crippen molar-refractivity contribution in [2.75, 3.05) is 20.3 Å². The molecule has 0 unspecified atom stereocenters. The van der Waals surface area contributed by atoms with E-state index in [1.165, 1.54) is 0 Å². The highest BCUT2D eigenvalue weighted by molar-refractivity contribution is 5.76. The van der Waals surface area contributed by atoms with Gasteiger partial charge in [0, 0.05) is 19.9 Å². The minimum atomic E-state index is -0.229. The summed E-state index contributed by atoms with van der Waals surface area (Å²) in [4.78, 5) is 14.9. The van der Waals surface area contributed by atoms with Gasteiger partial charge in [-0.15, -0.1) is 10.2 Å². The number of ether oxygens (including phenoxy) is 1. The molecule has 2 atom stereocenters. The zero-order chi connectivity index (χ0) is 17.9. The molecule has 136 valence electrons. The van der Waals surface area contributed by atoms with Gasteiger partial charge in [-0.1, -0.05) is 19.4 Å². The van der Waals surface area contributed by atoms with Crippen molar-refractivity contribution in [3.05, 3.63) is 30.2 Å². The van der Waals surface area contributed by atoms with Crippen molar-refractivity contribution in [2.24, 2.45) is 0 Å². The molecule has 3 heterocycles. The summed E-state index contributed by atoms with van der Waals surface area (Å²) < 4.78 is 7.35. The third kappa shape index (κ3) is 3.33. The number of methoxy groups -OCH3 is 1. The van der Waals surface area contributed by atoms with Crippen molar-refractivity contribution < 1.29 is 9.53 Å². The first-order chi connectivity index (χ1) is 12.1. The Labute approximate surface area is 148 Å². The highest BCUT2D eigenvalue weighted by Crippen LogP contribution is 2.34. The van der Waals surface area contributed by atoms with Crippen LogP contribution in [0.15, 0.2) is 24.4 Å². The minimum Gasteiger partial charge on any atom is -0.382 e. The highest BCUT2D eigenvalue weighted by Gasteiger charge is 2.43. The molecule has 0 aromatic carbocycles. The van der Waals surface area contributed by atoms with Crippen LogP contribution < -0.4 is 5.32 Å². The Morgan fingerprint density at radius 3 is 3.04 bits per heavy atom. The summed E-state index contributed by atoms with van der Waals surface area (Å²) >= 11 is 0. The minimum absolute atomic E-state index is 0.0526. The number of nitrogens with one attached hydrogen (secondary N) is 1. The Kier molecular flexibility index (Phi) is 5.22. The smallest absolute Gasteiger partial charge is 0.318 e. The van der Waals surface area contributed by atoms with Crippen LogP contribution >= 0.6 is 0 Å². The van der Waals surface area contributed by atoms with Crippen molar-refractivity contribution in [1.82, 2.24) is 24.8 Å². The molecule has 2 amide bonds. The van der Waals surface area contributed by atoms with Gasteiger partial charge in [0.2, 0.25) is 0 Å². The SMILES string of the molecule is CCC[C@]1(COC)CCCN1C(=O)N[C@H](C)c1nnc2ccccn12. The third-order valence-electron chi connectivity index (χ3n) is 5.04. The first kappa shape index (κ1) is 17.7. The van der Waals surface area contributed by atoms with Gasteiger partial charge in [0.1, 0.15) is 0 Å². The predicted molar refractivity (Wildman–Crippen MR) is 95.4 cm³/mol.